The molecule has 2 aromatic rings. The van der Waals surface area contributed by atoms with Crippen molar-refractivity contribution in [2.24, 2.45) is 10.3 Å². The first-order valence-electron chi connectivity index (χ1n) is 9.37. The Morgan fingerprint density at radius 1 is 1.03 bits per heavy atom. The SMILES string of the molecule is C#CCO/N=C(/C(C)=NOCc1ccccc1C(=COC)C(=O)OC)c1ccccc1. The normalized spacial score (nSPS) is 12.0. The topological polar surface area (TPSA) is 78.7 Å². The monoisotopic (exact) mass is 420 g/mol. The third-order valence-corrected chi connectivity index (χ3v) is 4.06. The van der Waals surface area contributed by atoms with Crippen molar-refractivity contribution in [3.8, 4) is 12.3 Å². The molecule has 0 unspecified atom stereocenters. The van der Waals surface area contributed by atoms with Gasteiger partial charge in [0.15, 0.2) is 6.61 Å². The van der Waals surface area contributed by atoms with Crippen LogP contribution in [0.5, 0.6) is 0 Å². The number of nitrogens with zero attached hydrogens (tertiary/aromatic N) is 2. The van der Waals surface area contributed by atoms with Crippen LogP contribution in [0.1, 0.15) is 23.6 Å². The molecule has 0 N–H and O–H groups in total. The maximum atomic E-state index is 12.1. The summed E-state index contributed by atoms with van der Waals surface area (Å²) in [6.07, 6.45) is 6.56. The smallest absolute Gasteiger partial charge is 0.341 e. The van der Waals surface area contributed by atoms with Gasteiger partial charge < -0.3 is 19.1 Å². The Labute approximate surface area is 181 Å². The van der Waals surface area contributed by atoms with Crippen LogP contribution < -0.4 is 0 Å². The number of terminal acetylenes is 1. The van der Waals surface area contributed by atoms with Crippen LogP contribution in [0.4, 0.5) is 0 Å². The van der Waals surface area contributed by atoms with Gasteiger partial charge in [-0.25, -0.2) is 4.79 Å². The maximum absolute atomic E-state index is 12.1. The summed E-state index contributed by atoms with van der Waals surface area (Å²) in [6.45, 7) is 1.90. The largest absolute Gasteiger partial charge is 0.503 e. The van der Waals surface area contributed by atoms with Crippen LogP contribution in [0.3, 0.4) is 0 Å². The summed E-state index contributed by atoms with van der Waals surface area (Å²) in [5.74, 6) is 1.85. The zero-order valence-corrected chi connectivity index (χ0v) is 17.7. The molecule has 0 radical (unpaired) electrons. The number of rotatable bonds is 10. The predicted molar refractivity (Wildman–Crippen MR) is 119 cm³/mol. The summed E-state index contributed by atoms with van der Waals surface area (Å²) in [5, 5.41) is 8.26. The number of benzene rings is 2. The zero-order chi connectivity index (χ0) is 22.5. The number of esters is 1. The summed E-state index contributed by atoms with van der Waals surface area (Å²) in [7, 11) is 2.77. The number of hydrogen-bond acceptors (Lipinski definition) is 7. The molecule has 2 aromatic carbocycles. The van der Waals surface area contributed by atoms with Crippen LogP contribution >= 0.6 is 0 Å². The van der Waals surface area contributed by atoms with Crippen molar-refractivity contribution in [1.82, 2.24) is 0 Å². The fraction of sp³-hybridized carbons (Fsp3) is 0.208. The molecule has 0 aliphatic rings. The van der Waals surface area contributed by atoms with Crippen LogP contribution in [0.25, 0.3) is 5.57 Å². The molecule has 7 nitrogen and oxygen atoms in total. The van der Waals surface area contributed by atoms with E-state index in [-0.39, 0.29) is 18.8 Å². The third-order valence-electron chi connectivity index (χ3n) is 4.06. The first-order valence-corrected chi connectivity index (χ1v) is 9.37. The zero-order valence-electron chi connectivity index (χ0n) is 17.7. The molecule has 0 bridgehead atoms. The Balaban J connectivity index is 2.24. The highest BCUT2D eigenvalue weighted by molar-refractivity contribution is 6.47. The van der Waals surface area contributed by atoms with E-state index in [0.29, 0.717) is 17.0 Å². The number of carbonyl (C=O) groups is 1. The van der Waals surface area contributed by atoms with Gasteiger partial charge in [0.05, 0.1) is 20.5 Å². The first-order chi connectivity index (χ1) is 15.1. The van der Waals surface area contributed by atoms with Crippen molar-refractivity contribution >= 4 is 23.0 Å². The van der Waals surface area contributed by atoms with Gasteiger partial charge in [-0.15, -0.1) is 6.42 Å². The fourth-order valence-electron chi connectivity index (χ4n) is 2.66. The molecule has 2 rings (SSSR count). The minimum Gasteiger partial charge on any atom is -0.503 e. The van der Waals surface area contributed by atoms with Gasteiger partial charge in [0, 0.05) is 11.1 Å². The van der Waals surface area contributed by atoms with Crippen LogP contribution in [0, 0.1) is 12.3 Å². The van der Waals surface area contributed by atoms with E-state index in [1.807, 2.05) is 48.5 Å². The molecule has 0 spiro atoms. The fourth-order valence-corrected chi connectivity index (χ4v) is 2.66. The van der Waals surface area contributed by atoms with Crippen molar-refractivity contribution < 1.29 is 23.9 Å². The molecular formula is C24H24N2O5. The highest BCUT2D eigenvalue weighted by Crippen LogP contribution is 2.21. The Bertz CT molecular complexity index is 1000. The van der Waals surface area contributed by atoms with Crippen molar-refractivity contribution in [1.29, 1.82) is 0 Å². The summed E-state index contributed by atoms with van der Waals surface area (Å²) in [4.78, 5) is 22.8. The van der Waals surface area contributed by atoms with Crippen LogP contribution in [0.15, 0.2) is 71.2 Å². The Morgan fingerprint density at radius 2 is 1.74 bits per heavy atom. The van der Waals surface area contributed by atoms with E-state index < -0.39 is 5.97 Å². The molecule has 0 saturated carbocycles. The molecule has 7 heteroatoms. The average molecular weight is 420 g/mol. The van der Waals surface area contributed by atoms with E-state index in [0.717, 1.165) is 11.1 Å². The lowest BCUT2D eigenvalue weighted by Gasteiger charge is -2.11. The average Bonchev–Trinajstić information content (AvgIpc) is 2.81. The minimum atomic E-state index is -0.516. The molecule has 31 heavy (non-hydrogen) atoms. The molecule has 0 amide bonds. The molecule has 0 saturated heterocycles. The summed E-state index contributed by atoms with van der Waals surface area (Å²) in [6, 6.07) is 16.7. The lowest BCUT2D eigenvalue weighted by atomic mass is 10.0. The molecule has 0 fully saturated rings. The maximum Gasteiger partial charge on any atom is 0.341 e. The Hall–Kier alpha value is -4.05. The van der Waals surface area contributed by atoms with Gasteiger partial charge in [0.2, 0.25) is 0 Å². The van der Waals surface area contributed by atoms with Gasteiger partial charge in [-0.2, -0.15) is 0 Å². The number of oxime groups is 2. The summed E-state index contributed by atoms with van der Waals surface area (Å²) in [5.41, 5.74) is 3.44. The van der Waals surface area contributed by atoms with Crippen molar-refractivity contribution in [2.75, 3.05) is 20.8 Å². The van der Waals surface area contributed by atoms with E-state index in [2.05, 4.69) is 16.2 Å². The van der Waals surface area contributed by atoms with Gasteiger partial charge in [0.1, 0.15) is 23.6 Å². The highest BCUT2D eigenvalue weighted by Gasteiger charge is 2.17. The van der Waals surface area contributed by atoms with Crippen LogP contribution in [-0.4, -0.2) is 38.2 Å². The van der Waals surface area contributed by atoms with Crippen molar-refractivity contribution in [2.45, 2.75) is 13.5 Å². The molecule has 0 aromatic heterocycles. The predicted octanol–water partition coefficient (Wildman–Crippen LogP) is 3.79. The molecule has 0 aliphatic carbocycles. The number of hydrogen-bond donors (Lipinski definition) is 0. The second-order valence-corrected chi connectivity index (χ2v) is 6.15. The van der Waals surface area contributed by atoms with E-state index in [1.165, 1.54) is 20.5 Å². The van der Waals surface area contributed by atoms with Crippen LogP contribution in [-0.2, 0) is 30.6 Å². The lowest BCUT2D eigenvalue weighted by Crippen LogP contribution is -2.14. The summed E-state index contributed by atoms with van der Waals surface area (Å²) < 4.78 is 9.88. The van der Waals surface area contributed by atoms with Gasteiger partial charge in [-0.05, 0) is 12.5 Å². The number of carbonyl (C=O) groups excluding carboxylic acids is 1. The minimum absolute atomic E-state index is 0.0417. The third kappa shape index (κ3) is 6.75. The van der Waals surface area contributed by atoms with E-state index >= 15 is 0 Å². The second kappa shape index (κ2) is 12.5. The standard InChI is InChI=1S/C24H24N2O5/c1-5-15-30-26-23(19-11-7-6-8-12-19)18(2)25-31-16-20-13-9-10-14-21(20)22(17-28-3)24(27)29-4/h1,6-14,17H,15-16H2,2-4H3/b22-17?,25-18?,26-23-. The van der Waals surface area contributed by atoms with Crippen LogP contribution in [0.2, 0.25) is 0 Å². The number of ether oxygens (including phenoxy) is 2. The highest BCUT2D eigenvalue weighted by atomic mass is 16.6. The summed E-state index contributed by atoms with van der Waals surface area (Å²) >= 11 is 0. The lowest BCUT2D eigenvalue weighted by molar-refractivity contribution is -0.133. The Kier molecular flexibility index (Phi) is 9.37. The first kappa shape index (κ1) is 23.2. The van der Waals surface area contributed by atoms with E-state index in [9.17, 15) is 4.79 Å². The number of methoxy groups -OCH3 is 2. The van der Waals surface area contributed by atoms with E-state index in [4.69, 9.17) is 25.6 Å². The van der Waals surface area contributed by atoms with Gasteiger partial charge in [-0.1, -0.05) is 70.8 Å². The Morgan fingerprint density at radius 3 is 2.42 bits per heavy atom. The van der Waals surface area contributed by atoms with Gasteiger partial charge in [0.25, 0.3) is 0 Å². The van der Waals surface area contributed by atoms with Gasteiger partial charge >= 0.3 is 5.97 Å². The molecule has 0 heterocycles. The van der Waals surface area contributed by atoms with Gasteiger partial charge in [-0.3, -0.25) is 0 Å². The van der Waals surface area contributed by atoms with E-state index in [1.54, 1.807) is 13.0 Å². The molecule has 160 valence electrons. The van der Waals surface area contributed by atoms with Crippen molar-refractivity contribution in [3.05, 3.63) is 77.5 Å². The molecule has 0 atom stereocenters. The van der Waals surface area contributed by atoms with Crippen molar-refractivity contribution in [3.63, 3.8) is 0 Å². The molecule has 0 aliphatic heterocycles. The second-order valence-electron chi connectivity index (χ2n) is 6.15. The quantitative estimate of drug-likeness (QED) is 0.111. The molecular weight excluding hydrogens is 396 g/mol.